The number of carbonyl (C=O) groups is 1. The number of ether oxygens (including phenoxy) is 1. The summed E-state index contributed by atoms with van der Waals surface area (Å²) in [6, 6.07) is 8.31. The molecule has 160 valence electrons. The molecule has 1 aromatic carbocycles. The predicted octanol–water partition coefficient (Wildman–Crippen LogP) is 4.48. The molecule has 0 atom stereocenters. The van der Waals surface area contributed by atoms with Gasteiger partial charge in [-0.1, -0.05) is 45.0 Å². The molecule has 0 unspecified atom stereocenters. The third-order valence-corrected chi connectivity index (χ3v) is 6.01. The SMILES string of the molecule is COCCc1nc2scc(-c3ccc(C(C)(C)C)cc3)c2c(=O)n1CCCC(=O)O. The van der Waals surface area contributed by atoms with Gasteiger partial charge in [0.25, 0.3) is 5.56 Å². The first-order valence-corrected chi connectivity index (χ1v) is 10.9. The standard InChI is InChI=1S/C23H28N2O4S/c1-23(2,3)16-9-7-15(8-10-16)17-14-30-21-20(17)22(28)25(12-5-6-19(26)27)18(24-21)11-13-29-4/h7-10,14H,5-6,11-13H2,1-4H3,(H,26,27). The van der Waals surface area contributed by atoms with E-state index in [4.69, 9.17) is 14.8 Å². The summed E-state index contributed by atoms with van der Waals surface area (Å²) in [5.74, 6) is -0.234. The van der Waals surface area contributed by atoms with Gasteiger partial charge in [-0.3, -0.25) is 14.2 Å². The first-order chi connectivity index (χ1) is 14.2. The van der Waals surface area contributed by atoms with Gasteiger partial charge in [0.2, 0.25) is 0 Å². The van der Waals surface area contributed by atoms with E-state index in [0.29, 0.717) is 42.0 Å². The van der Waals surface area contributed by atoms with Crippen molar-refractivity contribution in [2.45, 2.75) is 52.0 Å². The molecule has 0 aliphatic heterocycles. The van der Waals surface area contributed by atoms with Gasteiger partial charge < -0.3 is 9.84 Å². The predicted molar refractivity (Wildman–Crippen MR) is 120 cm³/mol. The highest BCUT2D eigenvalue weighted by Crippen LogP contribution is 2.32. The first kappa shape index (κ1) is 22.2. The van der Waals surface area contributed by atoms with Crippen molar-refractivity contribution in [3.63, 3.8) is 0 Å². The van der Waals surface area contributed by atoms with E-state index in [2.05, 4.69) is 45.0 Å². The maximum absolute atomic E-state index is 13.4. The Hall–Kier alpha value is -2.51. The average molecular weight is 429 g/mol. The molecule has 0 radical (unpaired) electrons. The number of carboxylic acids is 1. The Balaban J connectivity index is 2.07. The average Bonchev–Trinajstić information content (AvgIpc) is 3.11. The Kier molecular flexibility index (Phi) is 6.73. The van der Waals surface area contributed by atoms with Crippen molar-refractivity contribution in [1.29, 1.82) is 0 Å². The molecule has 1 N–H and O–H groups in total. The van der Waals surface area contributed by atoms with Crippen molar-refractivity contribution in [2.24, 2.45) is 0 Å². The summed E-state index contributed by atoms with van der Waals surface area (Å²) in [5.41, 5.74) is 3.03. The van der Waals surface area contributed by atoms with E-state index >= 15 is 0 Å². The third-order valence-electron chi connectivity index (χ3n) is 5.14. The van der Waals surface area contributed by atoms with Crippen LogP contribution in [-0.2, 0) is 27.9 Å². The van der Waals surface area contributed by atoms with Crippen LogP contribution in [0.5, 0.6) is 0 Å². The van der Waals surface area contributed by atoms with Crippen molar-refractivity contribution in [1.82, 2.24) is 9.55 Å². The van der Waals surface area contributed by atoms with Gasteiger partial charge in [-0.2, -0.15) is 0 Å². The number of hydrogen-bond acceptors (Lipinski definition) is 5. The molecule has 3 rings (SSSR count). The third kappa shape index (κ3) is 4.79. The highest BCUT2D eigenvalue weighted by atomic mass is 32.1. The van der Waals surface area contributed by atoms with Gasteiger partial charge in [-0.25, -0.2) is 4.98 Å². The quantitative estimate of drug-likeness (QED) is 0.572. The van der Waals surface area contributed by atoms with E-state index in [1.54, 1.807) is 11.7 Å². The van der Waals surface area contributed by atoms with Crippen LogP contribution < -0.4 is 5.56 Å². The fourth-order valence-corrected chi connectivity index (χ4v) is 4.39. The maximum Gasteiger partial charge on any atom is 0.303 e. The van der Waals surface area contributed by atoms with Crippen LogP contribution in [0.25, 0.3) is 21.3 Å². The number of benzene rings is 1. The summed E-state index contributed by atoms with van der Waals surface area (Å²) in [4.78, 5) is 29.8. The number of carboxylic acid groups (broad SMARTS) is 1. The van der Waals surface area contributed by atoms with E-state index in [1.807, 2.05) is 5.38 Å². The minimum atomic E-state index is -0.870. The summed E-state index contributed by atoms with van der Waals surface area (Å²) in [6.45, 7) is 7.28. The van der Waals surface area contributed by atoms with E-state index in [-0.39, 0.29) is 17.4 Å². The second-order valence-electron chi connectivity index (χ2n) is 8.38. The number of aliphatic carboxylic acids is 1. The zero-order chi connectivity index (χ0) is 21.9. The van der Waals surface area contributed by atoms with Gasteiger partial charge in [-0.05, 0) is 23.0 Å². The molecule has 0 aliphatic carbocycles. The summed E-state index contributed by atoms with van der Waals surface area (Å²) >= 11 is 1.46. The van der Waals surface area contributed by atoms with Crippen LogP contribution in [-0.4, -0.2) is 34.3 Å². The number of aromatic nitrogens is 2. The van der Waals surface area contributed by atoms with Gasteiger partial charge in [0.15, 0.2) is 0 Å². The van der Waals surface area contributed by atoms with Crippen molar-refractivity contribution >= 4 is 27.5 Å². The van der Waals surface area contributed by atoms with Crippen LogP contribution in [0.4, 0.5) is 0 Å². The molecule has 0 bridgehead atoms. The molecule has 7 heteroatoms. The molecular formula is C23H28N2O4S. The molecule has 2 heterocycles. The van der Waals surface area contributed by atoms with E-state index in [0.717, 1.165) is 11.1 Å². The molecular weight excluding hydrogens is 400 g/mol. The zero-order valence-electron chi connectivity index (χ0n) is 17.9. The van der Waals surface area contributed by atoms with E-state index in [1.165, 1.54) is 16.9 Å². The summed E-state index contributed by atoms with van der Waals surface area (Å²) in [7, 11) is 1.61. The number of methoxy groups -OCH3 is 1. The Morgan fingerprint density at radius 2 is 1.93 bits per heavy atom. The number of nitrogens with zero attached hydrogens (tertiary/aromatic N) is 2. The highest BCUT2D eigenvalue weighted by molar-refractivity contribution is 7.17. The van der Waals surface area contributed by atoms with Crippen molar-refractivity contribution in [2.75, 3.05) is 13.7 Å². The monoisotopic (exact) mass is 428 g/mol. The second-order valence-corrected chi connectivity index (χ2v) is 9.24. The summed E-state index contributed by atoms with van der Waals surface area (Å²) in [6.07, 6.45) is 0.892. The summed E-state index contributed by atoms with van der Waals surface area (Å²) in [5, 5.41) is 11.5. The number of hydrogen-bond donors (Lipinski definition) is 1. The van der Waals surface area contributed by atoms with Crippen LogP contribution in [0.15, 0.2) is 34.4 Å². The molecule has 0 fully saturated rings. The molecule has 0 spiro atoms. The largest absolute Gasteiger partial charge is 0.481 e. The molecule has 30 heavy (non-hydrogen) atoms. The van der Waals surface area contributed by atoms with Crippen molar-refractivity contribution in [3.8, 4) is 11.1 Å². The molecule has 6 nitrogen and oxygen atoms in total. The molecule has 0 amide bonds. The minimum Gasteiger partial charge on any atom is -0.481 e. The lowest BCUT2D eigenvalue weighted by Crippen LogP contribution is -2.26. The van der Waals surface area contributed by atoms with Gasteiger partial charge >= 0.3 is 5.97 Å². The van der Waals surface area contributed by atoms with Crippen LogP contribution in [0.2, 0.25) is 0 Å². The maximum atomic E-state index is 13.4. The number of rotatable bonds is 8. The van der Waals surface area contributed by atoms with E-state index in [9.17, 15) is 9.59 Å². The highest BCUT2D eigenvalue weighted by Gasteiger charge is 2.18. The minimum absolute atomic E-state index is 0.0129. The molecule has 2 aromatic heterocycles. The van der Waals surface area contributed by atoms with Crippen molar-refractivity contribution in [3.05, 3.63) is 51.4 Å². The van der Waals surface area contributed by atoms with Crippen LogP contribution >= 0.6 is 11.3 Å². The fourth-order valence-electron chi connectivity index (χ4n) is 3.43. The fraction of sp³-hybridized carbons (Fsp3) is 0.435. The lowest BCUT2D eigenvalue weighted by atomic mass is 9.86. The normalized spacial score (nSPS) is 11.9. The molecule has 0 saturated carbocycles. The Morgan fingerprint density at radius 1 is 1.23 bits per heavy atom. The zero-order valence-corrected chi connectivity index (χ0v) is 18.7. The first-order valence-electron chi connectivity index (χ1n) is 10.0. The van der Waals surface area contributed by atoms with Gasteiger partial charge in [0.1, 0.15) is 10.7 Å². The smallest absolute Gasteiger partial charge is 0.303 e. The van der Waals surface area contributed by atoms with Crippen LogP contribution in [0.3, 0.4) is 0 Å². The Labute approximate surface area is 180 Å². The lowest BCUT2D eigenvalue weighted by molar-refractivity contribution is -0.137. The molecule has 0 aliphatic rings. The van der Waals surface area contributed by atoms with Gasteiger partial charge in [-0.15, -0.1) is 11.3 Å². The Bertz CT molecular complexity index is 1090. The molecule has 3 aromatic rings. The number of fused-ring (bicyclic) bond motifs is 1. The number of thiophene rings is 1. The van der Waals surface area contributed by atoms with Gasteiger partial charge in [0.05, 0.1) is 12.0 Å². The lowest BCUT2D eigenvalue weighted by Gasteiger charge is -2.19. The van der Waals surface area contributed by atoms with Crippen LogP contribution in [0, 0.1) is 0 Å². The van der Waals surface area contributed by atoms with Crippen LogP contribution in [0.1, 0.15) is 45.0 Å². The Morgan fingerprint density at radius 3 is 2.53 bits per heavy atom. The molecule has 0 saturated heterocycles. The van der Waals surface area contributed by atoms with E-state index < -0.39 is 5.97 Å². The van der Waals surface area contributed by atoms with Crippen molar-refractivity contribution < 1.29 is 14.6 Å². The summed E-state index contributed by atoms with van der Waals surface area (Å²) < 4.78 is 6.78. The topological polar surface area (TPSA) is 81.4 Å². The van der Waals surface area contributed by atoms with Gasteiger partial charge in [0, 0.05) is 37.4 Å². The second kappa shape index (κ2) is 9.10.